The fourth-order valence-corrected chi connectivity index (χ4v) is 2.21. The first kappa shape index (κ1) is 20.2. The standard InChI is InChI=1S/C16H18F3N5O3/c1-10(12-3-4-13(21-7-12)27-9-16(17,18)19)23-14(26)15(24-11(2)25)8-20-5-6-22-15/h3-8,10,22H,9H2,1-2H3,(H,23,26)(H,24,25). The number of nitrogens with zero attached hydrogens (tertiary/aromatic N) is 2. The van der Waals surface area contributed by atoms with Gasteiger partial charge in [-0.3, -0.25) is 14.6 Å². The van der Waals surface area contributed by atoms with Crippen LogP contribution in [0.25, 0.3) is 0 Å². The van der Waals surface area contributed by atoms with Crippen molar-refractivity contribution in [2.45, 2.75) is 31.7 Å². The average molecular weight is 385 g/mol. The first-order valence-electron chi connectivity index (χ1n) is 7.83. The summed E-state index contributed by atoms with van der Waals surface area (Å²) in [6, 6.07) is 2.21. The van der Waals surface area contributed by atoms with Crippen LogP contribution in [-0.4, -0.2) is 41.5 Å². The summed E-state index contributed by atoms with van der Waals surface area (Å²) in [5, 5.41) is 7.92. The Kier molecular flexibility index (Phi) is 6.03. The first-order chi connectivity index (χ1) is 12.6. The zero-order chi connectivity index (χ0) is 20.1. The van der Waals surface area contributed by atoms with E-state index in [1.165, 1.54) is 43.9 Å². The number of nitrogens with one attached hydrogen (secondary N) is 3. The number of pyridine rings is 1. The topological polar surface area (TPSA) is 105 Å². The van der Waals surface area contributed by atoms with Gasteiger partial charge < -0.3 is 20.7 Å². The van der Waals surface area contributed by atoms with E-state index in [1.807, 2.05) is 0 Å². The van der Waals surface area contributed by atoms with E-state index in [1.54, 1.807) is 6.92 Å². The minimum absolute atomic E-state index is 0.185. The molecule has 1 aromatic heterocycles. The van der Waals surface area contributed by atoms with E-state index < -0.39 is 36.3 Å². The minimum Gasteiger partial charge on any atom is -0.468 e. The summed E-state index contributed by atoms with van der Waals surface area (Å²) >= 11 is 0. The number of carbonyl (C=O) groups excluding carboxylic acids is 2. The number of aromatic nitrogens is 1. The van der Waals surface area contributed by atoms with Crippen LogP contribution in [0.4, 0.5) is 13.2 Å². The highest BCUT2D eigenvalue weighted by molar-refractivity contribution is 6.06. The summed E-state index contributed by atoms with van der Waals surface area (Å²) in [6.07, 6.45) is 0.921. The molecule has 0 fully saturated rings. The molecule has 0 saturated carbocycles. The molecular weight excluding hydrogens is 367 g/mol. The quantitative estimate of drug-likeness (QED) is 0.682. The molecule has 0 aromatic carbocycles. The van der Waals surface area contributed by atoms with E-state index in [9.17, 15) is 22.8 Å². The maximum Gasteiger partial charge on any atom is 0.422 e. The molecule has 2 heterocycles. The molecule has 27 heavy (non-hydrogen) atoms. The van der Waals surface area contributed by atoms with Gasteiger partial charge in [-0.25, -0.2) is 4.98 Å². The summed E-state index contributed by atoms with van der Waals surface area (Å²) in [7, 11) is 0. The molecule has 0 radical (unpaired) electrons. The number of rotatable bonds is 6. The third kappa shape index (κ3) is 5.69. The van der Waals surface area contributed by atoms with Crippen LogP contribution in [0.1, 0.15) is 25.5 Å². The van der Waals surface area contributed by atoms with Gasteiger partial charge in [-0.1, -0.05) is 6.07 Å². The normalized spacial score (nSPS) is 19.7. The van der Waals surface area contributed by atoms with Gasteiger partial charge in [0.2, 0.25) is 17.5 Å². The Morgan fingerprint density at radius 1 is 1.37 bits per heavy atom. The number of halogens is 3. The molecule has 1 aliphatic heterocycles. The van der Waals surface area contributed by atoms with Crippen LogP contribution in [0.15, 0.2) is 35.7 Å². The van der Waals surface area contributed by atoms with Gasteiger partial charge in [0.25, 0.3) is 5.91 Å². The maximum absolute atomic E-state index is 12.6. The number of alkyl halides is 3. The lowest BCUT2D eigenvalue weighted by Crippen LogP contribution is -2.67. The molecule has 1 aromatic rings. The van der Waals surface area contributed by atoms with E-state index in [-0.39, 0.29) is 5.88 Å². The van der Waals surface area contributed by atoms with E-state index in [0.29, 0.717) is 5.56 Å². The van der Waals surface area contributed by atoms with E-state index in [0.717, 1.165) is 0 Å². The zero-order valence-electron chi connectivity index (χ0n) is 14.5. The number of hydrogen-bond acceptors (Lipinski definition) is 6. The highest BCUT2D eigenvalue weighted by Crippen LogP contribution is 2.19. The smallest absolute Gasteiger partial charge is 0.422 e. The molecule has 11 heteroatoms. The van der Waals surface area contributed by atoms with Crippen molar-refractivity contribution in [1.82, 2.24) is 20.9 Å². The summed E-state index contributed by atoms with van der Waals surface area (Å²) in [4.78, 5) is 31.7. The van der Waals surface area contributed by atoms with Crippen molar-refractivity contribution >= 4 is 18.0 Å². The van der Waals surface area contributed by atoms with Crippen molar-refractivity contribution in [2.75, 3.05) is 6.61 Å². The highest BCUT2D eigenvalue weighted by atomic mass is 19.4. The van der Waals surface area contributed by atoms with Gasteiger partial charge in [0.1, 0.15) is 0 Å². The van der Waals surface area contributed by atoms with Gasteiger partial charge in [0.05, 0.1) is 12.3 Å². The fourth-order valence-electron chi connectivity index (χ4n) is 2.21. The number of carbonyl (C=O) groups is 2. The molecule has 146 valence electrons. The SMILES string of the molecule is CC(=O)NC1(C(=O)NC(C)c2ccc(OCC(F)(F)F)nc2)C=NC=CN1. The second-order valence-electron chi connectivity index (χ2n) is 5.76. The molecule has 0 spiro atoms. The van der Waals surface area contributed by atoms with Gasteiger partial charge in [0, 0.05) is 31.6 Å². The van der Waals surface area contributed by atoms with Crippen molar-refractivity contribution in [3.63, 3.8) is 0 Å². The molecule has 8 nitrogen and oxygen atoms in total. The van der Waals surface area contributed by atoms with Crippen molar-refractivity contribution in [3.8, 4) is 5.88 Å². The molecule has 0 saturated heterocycles. The third-order valence-electron chi connectivity index (χ3n) is 3.46. The second kappa shape index (κ2) is 8.06. The number of ether oxygens (including phenoxy) is 1. The Morgan fingerprint density at radius 3 is 2.63 bits per heavy atom. The van der Waals surface area contributed by atoms with Crippen LogP contribution in [-0.2, 0) is 9.59 Å². The van der Waals surface area contributed by atoms with Crippen molar-refractivity contribution < 1.29 is 27.5 Å². The Balaban J connectivity index is 2.03. The van der Waals surface area contributed by atoms with Gasteiger partial charge in [-0.15, -0.1) is 0 Å². The Hall–Kier alpha value is -3.11. The predicted molar refractivity (Wildman–Crippen MR) is 89.7 cm³/mol. The van der Waals surface area contributed by atoms with Crippen molar-refractivity contribution in [3.05, 3.63) is 36.3 Å². The molecular formula is C16H18F3N5O3. The lowest BCUT2D eigenvalue weighted by Gasteiger charge is -2.32. The average Bonchev–Trinajstić information content (AvgIpc) is 2.60. The van der Waals surface area contributed by atoms with E-state index in [2.05, 4.69) is 30.7 Å². The summed E-state index contributed by atoms with van der Waals surface area (Å²) < 4.78 is 41.0. The van der Waals surface area contributed by atoms with Crippen LogP contribution in [0.3, 0.4) is 0 Å². The highest BCUT2D eigenvalue weighted by Gasteiger charge is 2.38. The lowest BCUT2D eigenvalue weighted by molar-refractivity contribution is -0.154. The Labute approximate surface area is 152 Å². The van der Waals surface area contributed by atoms with Gasteiger partial charge in [0.15, 0.2) is 6.61 Å². The number of amides is 2. The van der Waals surface area contributed by atoms with Crippen molar-refractivity contribution in [1.29, 1.82) is 0 Å². The number of hydrogen-bond donors (Lipinski definition) is 3. The largest absolute Gasteiger partial charge is 0.468 e. The van der Waals surface area contributed by atoms with Gasteiger partial charge in [-0.05, 0) is 12.5 Å². The summed E-state index contributed by atoms with van der Waals surface area (Å²) in [6.45, 7) is 1.47. The van der Waals surface area contributed by atoms with Crippen LogP contribution in [0.5, 0.6) is 5.88 Å². The Morgan fingerprint density at radius 2 is 2.11 bits per heavy atom. The third-order valence-corrected chi connectivity index (χ3v) is 3.46. The molecule has 2 rings (SSSR count). The van der Waals surface area contributed by atoms with Crippen LogP contribution in [0, 0.1) is 0 Å². The molecule has 2 unspecified atom stereocenters. The zero-order valence-corrected chi connectivity index (χ0v) is 14.5. The van der Waals surface area contributed by atoms with Crippen molar-refractivity contribution in [2.24, 2.45) is 4.99 Å². The first-order valence-corrected chi connectivity index (χ1v) is 7.83. The van der Waals surface area contributed by atoms with Crippen LogP contribution < -0.4 is 20.7 Å². The lowest BCUT2D eigenvalue weighted by atomic mass is 10.1. The molecule has 3 N–H and O–H groups in total. The second-order valence-corrected chi connectivity index (χ2v) is 5.76. The van der Waals surface area contributed by atoms with Crippen LogP contribution >= 0.6 is 0 Å². The molecule has 1 aliphatic rings. The Bertz CT molecular complexity index is 749. The van der Waals surface area contributed by atoms with Gasteiger partial charge >= 0.3 is 6.18 Å². The van der Waals surface area contributed by atoms with Crippen LogP contribution in [0.2, 0.25) is 0 Å². The molecule has 0 aliphatic carbocycles. The molecule has 2 amide bonds. The minimum atomic E-state index is -4.46. The maximum atomic E-state index is 12.6. The molecule has 0 bridgehead atoms. The summed E-state index contributed by atoms with van der Waals surface area (Å²) in [5.74, 6) is -1.20. The number of aliphatic imine (C=N–C) groups is 1. The summed E-state index contributed by atoms with van der Waals surface area (Å²) in [5.41, 5.74) is -1.01. The monoisotopic (exact) mass is 385 g/mol. The van der Waals surface area contributed by atoms with Gasteiger partial charge in [-0.2, -0.15) is 13.2 Å². The van der Waals surface area contributed by atoms with E-state index in [4.69, 9.17) is 0 Å². The fraction of sp³-hybridized carbons (Fsp3) is 0.375. The van der Waals surface area contributed by atoms with E-state index >= 15 is 0 Å². The molecule has 2 atom stereocenters. The predicted octanol–water partition coefficient (Wildman–Crippen LogP) is 1.18.